The van der Waals surface area contributed by atoms with E-state index in [-0.39, 0.29) is 24.4 Å². The van der Waals surface area contributed by atoms with Gasteiger partial charge in [-0.1, -0.05) is 30.3 Å². The Bertz CT molecular complexity index is 617. The maximum atomic E-state index is 12.5. The molecule has 0 spiro atoms. The number of amides is 1. The lowest BCUT2D eigenvalue weighted by atomic mass is 10.1. The molecule has 3 rings (SSSR count). The lowest BCUT2D eigenvalue weighted by Crippen LogP contribution is -2.46. The molecule has 0 radical (unpaired) electrons. The van der Waals surface area contributed by atoms with Crippen LogP contribution < -0.4 is 0 Å². The first-order valence-corrected chi connectivity index (χ1v) is 8.17. The second-order valence-electron chi connectivity index (χ2n) is 6.37. The molecule has 1 aromatic rings. The molecule has 2 atom stereocenters. The monoisotopic (exact) mass is 330 g/mol. The SMILES string of the molecule is O=C(O)CN1C[C@H]2COC[C@@H]1CN(C(=O)C=Cc1ccccc1)C2. The number of hydrogen-bond donors (Lipinski definition) is 1. The van der Waals surface area contributed by atoms with Crippen molar-refractivity contribution in [2.75, 3.05) is 39.4 Å². The van der Waals surface area contributed by atoms with Gasteiger partial charge in [-0.25, -0.2) is 0 Å². The molecule has 1 aromatic carbocycles. The molecule has 2 aliphatic rings. The van der Waals surface area contributed by atoms with E-state index in [1.54, 1.807) is 6.08 Å². The van der Waals surface area contributed by atoms with Gasteiger partial charge in [0.25, 0.3) is 0 Å². The molecule has 6 heteroatoms. The molecule has 2 saturated heterocycles. The summed E-state index contributed by atoms with van der Waals surface area (Å²) in [5.41, 5.74) is 0.983. The highest BCUT2D eigenvalue weighted by molar-refractivity contribution is 5.91. The quantitative estimate of drug-likeness (QED) is 0.832. The van der Waals surface area contributed by atoms with E-state index in [0.717, 1.165) is 5.56 Å². The fourth-order valence-electron chi connectivity index (χ4n) is 3.31. The number of fused-ring (bicyclic) bond motifs is 3. The zero-order valence-electron chi connectivity index (χ0n) is 13.5. The van der Waals surface area contributed by atoms with Crippen LogP contribution in [-0.2, 0) is 14.3 Å². The largest absolute Gasteiger partial charge is 0.480 e. The van der Waals surface area contributed by atoms with E-state index in [2.05, 4.69) is 0 Å². The van der Waals surface area contributed by atoms with Crippen LogP contribution in [-0.4, -0.2) is 72.2 Å². The molecule has 2 fully saturated rings. The molecule has 24 heavy (non-hydrogen) atoms. The predicted molar refractivity (Wildman–Crippen MR) is 89.4 cm³/mol. The highest BCUT2D eigenvalue weighted by atomic mass is 16.5. The smallest absolute Gasteiger partial charge is 0.317 e. The van der Waals surface area contributed by atoms with Gasteiger partial charge in [-0.15, -0.1) is 0 Å². The summed E-state index contributed by atoms with van der Waals surface area (Å²) in [5, 5.41) is 9.09. The number of hydrogen-bond acceptors (Lipinski definition) is 4. The van der Waals surface area contributed by atoms with Gasteiger partial charge in [0.05, 0.1) is 25.8 Å². The summed E-state index contributed by atoms with van der Waals surface area (Å²) in [7, 11) is 0. The van der Waals surface area contributed by atoms with Gasteiger partial charge in [0.2, 0.25) is 5.91 Å². The molecule has 2 heterocycles. The number of aliphatic carboxylic acids is 1. The summed E-state index contributed by atoms with van der Waals surface area (Å²) < 4.78 is 5.64. The molecule has 0 unspecified atom stereocenters. The Balaban J connectivity index is 1.69. The Morgan fingerprint density at radius 2 is 1.96 bits per heavy atom. The Morgan fingerprint density at radius 3 is 2.71 bits per heavy atom. The van der Waals surface area contributed by atoms with E-state index in [1.807, 2.05) is 46.2 Å². The number of rotatable bonds is 4. The van der Waals surface area contributed by atoms with Gasteiger partial charge in [-0.05, 0) is 11.6 Å². The first-order chi connectivity index (χ1) is 11.6. The van der Waals surface area contributed by atoms with E-state index in [1.165, 1.54) is 0 Å². The minimum Gasteiger partial charge on any atom is -0.480 e. The van der Waals surface area contributed by atoms with E-state index in [4.69, 9.17) is 9.84 Å². The number of carboxylic acid groups (broad SMARTS) is 1. The molecular formula is C18H22N2O4. The van der Waals surface area contributed by atoms with Crippen molar-refractivity contribution in [1.29, 1.82) is 0 Å². The van der Waals surface area contributed by atoms with Crippen LogP contribution in [0.4, 0.5) is 0 Å². The minimum atomic E-state index is -0.843. The van der Waals surface area contributed by atoms with Gasteiger partial charge in [0, 0.05) is 31.6 Å². The fourth-order valence-corrected chi connectivity index (χ4v) is 3.31. The number of carboxylic acids is 1. The standard InChI is InChI=1S/C18H22N2O4/c21-17(7-6-14-4-2-1-3-5-14)20-9-15-8-19(11-18(22)23)16(10-20)13-24-12-15/h1-7,15-16H,8-13H2,(H,22,23)/t15-,16+/m1/s1. The second kappa shape index (κ2) is 7.59. The first kappa shape index (κ1) is 16.7. The molecule has 1 amide bonds. The van der Waals surface area contributed by atoms with Crippen molar-refractivity contribution in [3.05, 3.63) is 42.0 Å². The van der Waals surface area contributed by atoms with Crippen LogP contribution in [0.3, 0.4) is 0 Å². The average molecular weight is 330 g/mol. The Morgan fingerprint density at radius 1 is 1.17 bits per heavy atom. The van der Waals surface area contributed by atoms with Crippen molar-refractivity contribution in [1.82, 2.24) is 9.80 Å². The van der Waals surface area contributed by atoms with Crippen LogP contribution in [0.15, 0.2) is 36.4 Å². The van der Waals surface area contributed by atoms with Gasteiger partial charge in [0.15, 0.2) is 0 Å². The number of nitrogens with zero attached hydrogens (tertiary/aromatic N) is 2. The van der Waals surface area contributed by atoms with Crippen LogP contribution in [0.1, 0.15) is 5.56 Å². The zero-order valence-corrected chi connectivity index (χ0v) is 13.5. The number of benzene rings is 1. The van der Waals surface area contributed by atoms with Crippen LogP contribution in [0.25, 0.3) is 6.08 Å². The lowest BCUT2D eigenvalue weighted by molar-refractivity contribution is -0.139. The van der Waals surface area contributed by atoms with Crippen molar-refractivity contribution in [2.24, 2.45) is 5.92 Å². The lowest BCUT2D eigenvalue weighted by Gasteiger charge is -2.30. The van der Waals surface area contributed by atoms with E-state index >= 15 is 0 Å². The zero-order chi connectivity index (χ0) is 16.9. The number of ether oxygens (including phenoxy) is 1. The van der Waals surface area contributed by atoms with Gasteiger partial charge in [0.1, 0.15) is 0 Å². The molecule has 1 N–H and O–H groups in total. The Kier molecular flexibility index (Phi) is 5.27. The van der Waals surface area contributed by atoms with Crippen molar-refractivity contribution in [2.45, 2.75) is 6.04 Å². The Labute approximate surface area is 141 Å². The summed E-state index contributed by atoms with van der Waals surface area (Å²) in [4.78, 5) is 27.4. The van der Waals surface area contributed by atoms with Crippen molar-refractivity contribution in [3.63, 3.8) is 0 Å². The molecule has 0 aromatic heterocycles. The third kappa shape index (κ3) is 4.21. The van der Waals surface area contributed by atoms with E-state index in [0.29, 0.717) is 32.8 Å². The maximum absolute atomic E-state index is 12.5. The number of carbonyl (C=O) groups is 2. The molecule has 128 valence electrons. The molecule has 0 aliphatic carbocycles. The van der Waals surface area contributed by atoms with E-state index in [9.17, 15) is 9.59 Å². The Hall–Kier alpha value is -2.18. The molecule has 2 aliphatic heterocycles. The third-order valence-electron chi connectivity index (χ3n) is 4.45. The summed E-state index contributed by atoms with van der Waals surface area (Å²) in [6.45, 7) is 2.79. The molecule has 2 bridgehead atoms. The number of carbonyl (C=O) groups excluding carboxylic acids is 1. The minimum absolute atomic E-state index is 0.00753. The van der Waals surface area contributed by atoms with Gasteiger partial charge >= 0.3 is 5.97 Å². The van der Waals surface area contributed by atoms with Crippen molar-refractivity contribution >= 4 is 18.0 Å². The molecule has 6 nitrogen and oxygen atoms in total. The fraction of sp³-hybridized carbons (Fsp3) is 0.444. The van der Waals surface area contributed by atoms with Gasteiger partial charge in [-0.3, -0.25) is 14.5 Å². The van der Waals surface area contributed by atoms with Gasteiger partial charge < -0.3 is 14.7 Å². The highest BCUT2D eigenvalue weighted by Gasteiger charge is 2.35. The second-order valence-corrected chi connectivity index (χ2v) is 6.37. The summed E-state index contributed by atoms with van der Waals surface area (Å²) in [5.74, 6) is -0.733. The van der Waals surface area contributed by atoms with Crippen LogP contribution in [0.5, 0.6) is 0 Å². The van der Waals surface area contributed by atoms with Crippen LogP contribution in [0, 0.1) is 5.92 Å². The predicted octanol–water partition coefficient (Wildman–Crippen LogP) is 0.944. The van der Waals surface area contributed by atoms with Crippen LogP contribution >= 0.6 is 0 Å². The summed E-state index contributed by atoms with van der Waals surface area (Å²) in [6.07, 6.45) is 3.41. The van der Waals surface area contributed by atoms with E-state index < -0.39 is 5.97 Å². The summed E-state index contributed by atoms with van der Waals surface area (Å²) in [6, 6.07) is 9.63. The van der Waals surface area contributed by atoms with Crippen molar-refractivity contribution in [3.8, 4) is 0 Å². The highest BCUT2D eigenvalue weighted by Crippen LogP contribution is 2.20. The third-order valence-corrected chi connectivity index (χ3v) is 4.45. The van der Waals surface area contributed by atoms with Crippen LogP contribution in [0.2, 0.25) is 0 Å². The van der Waals surface area contributed by atoms with Crippen molar-refractivity contribution < 1.29 is 19.4 Å². The topological polar surface area (TPSA) is 70.1 Å². The average Bonchev–Trinajstić information content (AvgIpc) is 2.82. The first-order valence-electron chi connectivity index (χ1n) is 8.17. The summed E-state index contributed by atoms with van der Waals surface area (Å²) >= 11 is 0. The molecule has 0 saturated carbocycles. The normalized spacial score (nSPS) is 24.8. The van der Waals surface area contributed by atoms with Gasteiger partial charge in [-0.2, -0.15) is 0 Å². The molecular weight excluding hydrogens is 308 g/mol. The maximum Gasteiger partial charge on any atom is 0.317 e.